The number of likely N-dealkylation sites (N-methyl/N-ethyl adjacent to an activating group) is 1. The third kappa shape index (κ3) is 5.28. The first-order chi connectivity index (χ1) is 7.34. The molecule has 0 aliphatic heterocycles. The zero-order chi connectivity index (χ0) is 12.8. The summed E-state index contributed by atoms with van der Waals surface area (Å²) in [4.78, 5) is 2.20. The molecule has 0 spiro atoms. The van der Waals surface area contributed by atoms with Gasteiger partial charge in [-0.25, -0.2) is 0 Å². The number of unbranched alkanes of at least 4 members (excludes halogenated alkanes) is 2. The van der Waals surface area contributed by atoms with Crippen LogP contribution in [0.2, 0.25) is 0 Å². The van der Waals surface area contributed by atoms with E-state index < -0.39 is 0 Å². The maximum absolute atomic E-state index is 9.47. The van der Waals surface area contributed by atoms with Crippen LogP contribution < -0.4 is 5.73 Å². The fourth-order valence-electron chi connectivity index (χ4n) is 1.88. The summed E-state index contributed by atoms with van der Waals surface area (Å²) in [6.07, 6.45) is 3.65. The second kappa shape index (κ2) is 7.25. The predicted molar refractivity (Wildman–Crippen MR) is 70.5 cm³/mol. The normalized spacial score (nSPS) is 16.5. The van der Waals surface area contributed by atoms with E-state index in [1.807, 2.05) is 0 Å². The topological polar surface area (TPSA) is 49.5 Å². The van der Waals surface area contributed by atoms with E-state index in [2.05, 4.69) is 39.6 Å². The third-order valence-corrected chi connectivity index (χ3v) is 3.28. The molecule has 0 amide bonds. The molecule has 2 atom stereocenters. The predicted octanol–water partition coefficient (Wildman–Crippen LogP) is 1.84. The van der Waals surface area contributed by atoms with Gasteiger partial charge in [0.05, 0.1) is 6.61 Å². The van der Waals surface area contributed by atoms with Crippen molar-refractivity contribution in [3.63, 3.8) is 0 Å². The Labute approximate surface area is 101 Å². The van der Waals surface area contributed by atoms with Crippen LogP contribution in [0.5, 0.6) is 0 Å². The van der Waals surface area contributed by atoms with Gasteiger partial charge in [-0.15, -0.1) is 0 Å². The summed E-state index contributed by atoms with van der Waals surface area (Å²) in [5, 5.41) is 9.47. The maximum atomic E-state index is 9.47. The van der Waals surface area contributed by atoms with Crippen LogP contribution in [0.4, 0.5) is 0 Å². The lowest BCUT2D eigenvalue weighted by molar-refractivity contribution is 0.0877. The van der Waals surface area contributed by atoms with Gasteiger partial charge < -0.3 is 10.8 Å². The summed E-state index contributed by atoms with van der Waals surface area (Å²) in [6, 6.07) is 0.0704. The largest absolute Gasteiger partial charge is 0.395 e. The molecule has 0 aromatic carbocycles. The molecule has 0 aliphatic rings. The second-order valence-electron chi connectivity index (χ2n) is 5.83. The third-order valence-electron chi connectivity index (χ3n) is 3.28. The molecule has 16 heavy (non-hydrogen) atoms. The Bertz CT molecular complexity index is 177. The van der Waals surface area contributed by atoms with Gasteiger partial charge in [0.25, 0.3) is 0 Å². The van der Waals surface area contributed by atoms with Crippen LogP contribution in [-0.4, -0.2) is 42.3 Å². The van der Waals surface area contributed by atoms with Crippen LogP contribution in [0.25, 0.3) is 0 Å². The Hall–Kier alpha value is -0.120. The molecule has 3 N–H and O–H groups in total. The van der Waals surface area contributed by atoms with Gasteiger partial charge in [0.1, 0.15) is 0 Å². The molecule has 0 aromatic rings. The summed E-state index contributed by atoms with van der Waals surface area (Å²) in [5.74, 6) is 0. The Balaban J connectivity index is 4.25. The standard InChI is InChI=1S/C13H30N2O/c1-6-7-8-9-15(5)11(10-16)12(14)13(2,3)4/h11-12,16H,6-10,14H2,1-5H3. The Morgan fingerprint density at radius 3 is 2.19 bits per heavy atom. The number of hydrogen-bond acceptors (Lipinski definition) is 3. The van der Waals surface area contributed by atoms with E-state index in [9.17, 15) is 5.11 Å². The summed E-state index contributed by atoms with van der Waals surface area (Å²) >= 11 is 0. The number of hydrogen-bond donors (Lipinski definition) is 2. The monoisotopic (exact) mass is 230 g/mol. The van der Waals surface area contributed by atoms with Crippen LogP contribution in [0.1, 0.15) is 47.0 Å². The van der Waals surface area contributed by atoms with E-state index in [0.29, 0.717) is 0 Å². The average molecular weight is 230 g/mol. The van der Waals surface area contributed by atoms with Crippen molar-refractivity contribution in [3.8, 4) is 0 Å². The highest BCUT2D eigenvalue weighted by Crippen LogP contribution is 2.22. The molecule has 3 heteroatoms. The van der Waals surface area contributed by atoms with Gasteiger partial charge >= 0.3 is 0 Å². The van der Waals surface area contributed by atoms with E-state index >= 15 is 0 Å². The average Bonchev–Trinajstić information content (AvgIpc) is 2.17. The number of nitrogens with zero attached hydrogens (tertiary/aromatic N) is 1. The van der Waals surface area contributed by atoms with Crippen LogP contribution in [0.3, 0.4) is 0 Å². The lowest BCUT2D eigenvalue weighted by Crippen LogP contribution is -2.54. The number of rotatable bonds is 7. The second-order valence-corrected chi connectivity index (χ2v) is 5.83. The van der Waals surface area contributed by atoms with Crippen molar-refractivity contribution in [2.45, 2.75) is 59.0 Å². The van der Waals surface area contributed by atoms with Crippen LogP contribution in [-0.2, 0) is 0 Å². The highest BCUT2D eigenvalue weighted by molar-refractivity contribution is 4.88. The molecule has 0 aliphatic carbocycles. The maximum Gasteiger partial charge on any atom is 0.0602 e. The lowest BCUT2D eigenvalue weighted by atomic mass is 9.82. The van der Waals surface area contributed by atoms with Crippen molar-refractivity contribution in [1.82, 2.24) is 4.90 Å². The summed E-state index contributed by atoms with van der Waals surface area (Å²) in [5.41, 5.74) is 6.24. The lowest BCUT2D eigenvalue weighted by Gasteiger charge is -2.38. The van der Waals surface area contributed by atoms with Gasteiger partial charge in [0.2, 0.25) is 0 Å². The van der Waals surface area contributed by atoms with Gasteiger partial charge in [0, 0.05) is 12.1 Å². The number of nitrogens with two attached hydrogens (primary N) is 1. The Morgan fingerprint density at radius 1 is 1.25 bits per heavy atom. The van der Waals surface area contributed by atoms with Gasteiger partial charge in [-0.05, 0) is 25.4 Å². The van der Waals surface area contributed by atoms with E-state index in [1.54, 1.807) is 0 Å². The van der Waals surface area contributed by atoms with Crippen molar-refractivity contribution in [2.75, 3.05) is 20.2 Å². The van der Waals surface area contributed by atoms with Crippen LogP contribution in [0, 0.1) is 5.41 Å². The quantitative estimate of drug-likeness (QED) is 0.656. The van der Waals surface area contributed by atoms with Crippen molar-refractivity contribution in [1.29, 1.82) is 0 Å². The Kier molecular flexibility index (Phi) is 7.20. The van der Waals surface area contributed by atoms with Gasteiger partial charge in [0.15, 0.2) is 0 Å². The van der Waals surface area contributed by atoms with E-state index in [-0.39, 0.29) is 24.1 Å². The summed E-state index contributed by atoms with van der Waals surface area (Å²) in [7, 11) is 2.06. The zero-order valence-electron chi connectivity index (χ0n) is 11.7. The first-order valence-corrected chi connectivity index (χ1v) is 6.41. The molecule has 0 saturated carbocycles. The number of aliphatic hydroxyl groups is 1. The molecular weight excluding hydrogens is 200 g/mol. The smallest absolute Gasteiger partial charge is 0.0602 e. The highest BCUT2D eigenvalue weighted by atomic mass is 16.3. The van der Waals surface area contributed by atoms with Crippen molar-refractivity contribution >= 4 is 0 Å². The molecule has 0 rings (SSSR count). The molecule has 0 radical (unpaired) electrons. The first-order valence-electron chi connectivity index (χ1n) is 6.41. The zero-order valence-corrected chi connectivity index (χ0v) is 11.7. The molecule has 0 fully saturated rings. The van der Waals surface area contributed by atoms with Crippen LogP contribution >= 0.6 is 0 Å². The van der Waals surface area contributed by atoms with Crippen LogP contribution in [0.15, 0.2) is 0 Å². The minimum Gasteiger partial charge on any atom is -0.395 e. The van der Waals surface area contributed by atoms with Crippen molar-refractivity contribution in [3.05, 3.63) is 0 Å². The molecule has 3 nitrogen and oxygen atoms in total. The first kappa shape index (κ1) is 15.9. The van der Waals surface area contributed by atoms with E-state index in [1.165, 1.54) is 19.3 Å². The van der Waals surface area contributed by atoms with E-state index in [0.717, 1.165) is 6.54 Å². The molecular formula is C13H30N2O. The van der Waals surface area contributed by atoms with Gasteiger partial charge in [-0.3, -0.25) is 4.90 Å². The minimum absolute atomic E-state index is 0.00382. The SMILES string of the molecule is CCCCCN(C)C(CO)C(N)C(C)(C)C. The molecule has 0 aromatic heterocycles. The molecule has 2 unspecified atom stereocenters. The van der Waals surface area contributed by atoms with Crippen molar-refractivity contribution < 1.29 is 5.11 Å². The summed E-state index contributed by atoms with van der Waals surface area (Å²) < 4.78 is 0. The fraction of sp³-hybridized carbons (Fsp3) is 1.00. The summed E-state index contributed by atoms with van der Waals surface area (Å²) in [6.45, 7) is 9.73. The molecule has 0 heterocycles. The highest BCUT2D eigenvalue weighted by Gasteiger charge is 2.30. The number of aliphatic hydroxyl groups excluding tert-OH is 1. The van der Waals surface area contributed by atoms with Crippen molar-refractivity contribution in [2.24, 2.45) is 11.1 Å². The van der Waals surface area contributed by atoms with Gasteiger partial charge in [-0.1, -0.05) is 40.5 Å². The molecule has 0 bridgehead atoms. The minimum atomic E-state index is 0.00382. The fourth-order valence-corrected chi connectivity index (χ4v) is 1.88. The Morgan fingerprint density at radius 2 is 1.81 bits per heavy atom. The van der Waals surface area contributed by atoms with E-state index in [4.69, 9.17) is 5.73 Å². The van der Waals surface area contributed by atoms with Gasteiger partial charge in [-0.2, -0.15) is 0 Å². The molecule has 0 saturated heterocycles. The molecule has 98 valence electrons.